The van der Waals surface area contributed by atoms with Crippen molar-refractivity contribution in [2.75, 3.05) is 19.8 Å². The molecule has 1 amide bonds. The molecule has 0 saturated carbocycles. The molecule has 8 nitrogen and oxygen atoms in total. The summed E-state index contributed by atoms with van der Waals surface area (Å²) in [7, 11) is 0. The van der Waals surface area contributed by atoms with E-state index in [1.54, 1.807) is 47.3 Å². The van der Waals surface area contributed by atoms with Gasteiger partial charge in [-0.15, -0.1) is 0 Å². The van der Waals surface area contributed by atoms with E-state index < -0.39 is 0 Å². The minimum atomic E-state index is -0.208. The van der Waals surface area contributed by atoms with Crippen LogP contribution in [0.25, 0.3) is 5.65 Å². The zero-order valence-corrected chi connectivity index (χ0v) is 14.9. The van der Waals surface area contributed by atoms with Crippen molar-refractivity contribution in [3.63, 3.8) is 0 Å². The van der Waals surface area contributed by atoms with Gasteiger partial charge in [-0.25, -0.2) is 9.97 Å². The second kappa shape index (κ2) is 7.63. The van der Waals surface area contributed by atoms with Gasteiger partial charge in [-0.2, -0.15) is 0 Å². The molecule has 8 heteroatoms. The van der Waals surface area contributed by atoms with Crippen LogP contribution >= 0.6 is 0 Å². The van der Waals surface area contributed by atoms with Gasteiger partial charge in [-0.3, -0.25) is 4.79 Å². The van der Waals surface area contributed by atoms with E-state index in [2.05, 4.69) is 15.3 Å². The Kier molecular flexibility index (Phi) is 4.88. The molecule has 27 heavy (non-hydrogen) atoms. The Morgan fingerprint density at radius 3 is 3.11 bits per heavy atom. The lowest BCUT2D eigenvalue weighted by Gasteiger charge is -2.10. The summed E-state index contributed by atoms with van der Waals surface area (Å²) in [6.07, 6.45) is 5.89. The predicted octanol–water partition coefficient (Wildman–Crippen LogP) is 2.44. The van der Waals surface area contributed by atoms with Crippen LogP contribution < -0.4 is 14.8 Å². The smallest absolute Gasteiger partial charge is 0.271 e. The number of aromatic nitrogens is 3. The van der Waals surface area contributed by atoms with Gasteiger partial charge in [0.05, 0.1) is 25.5 Å². The predicted molar refractivity (Wildman–Crippen MR) is 97.4 cm³/mol. The zero-order valence-electron chi connectivity index (χ0n) is 14.9. The van der Waals surface area contributed by atoms with E-state index in [0.717, 1.165) is 6.42 Å². The fourth-order valence-electron chi connectivity index (χ4n) is 2.88. The molecule has 140 valence electrons. The summed E-state index contributed by atoms with van der Waals surface area (Å²) < 4.78 is 18.4. The first kappa shape index (κ1) is 17.3. The lowest BCUT2D eigenvalue weighted by Crippen LogP contribution is -2.35. The molecule has 0 aliphatic carbocycles. The number of hydrogen-bond donors (Lipinski definition) is 1. The number of rotatable bonds is 6. The van der Waals surface area contributed by atoms with Crippen LogP contribution in [-0.2, 0) is 4.74 Å². The number of carbonyl (C=O) groups excluding carboxylic acids is 1. The molecule has 1 atom stereocenters. The van der Waals surface area contributed by atoms with E-state index in [0.29, 0.717) is 48.5 Å². The highest BCUT2D eigenvalue weighted by Crippen LogP contribution is 2.29. The number of carbonyl (C=O) groups is 1. The number of fused-ring (bicyclic) bond motifs is 1. The molecule has 4 rings (SSSR count). The highest BCUT2D eigenvalue weighted by atomic mass is 16.5. The summed E-state index contributed by atoms with van der Waals surface area (Å²) in [4.78, 5) is 20.9. The fraction of sp³-hybridized carbons (Fsp3) is 0.316. The molecular weight excluding hydrogens is 348 g/mol. The minimum Gasteiger partial charge on any atom is -0.488 e. The third-order valence-electron chi connectivity index (χ3n) is 4.17. The van der Waals surface area contributed by atoms with E-state index in [-0.39, 0.29) is 11.9 Å². The number of imidazole rings is 1. The lowest BCUT2D eigenvalue weighted by atomic mass is 10.2. The maximum absolute atomic E-state index is 12.4. The SMILES string of the molecule is CCOc1cccnc1Oc1ccc2nc(C(=O)N[C@H]3CCOC3)cn2c1. The van der Waals surface area contributed by atoms with Crippen LogP contribution in [0.3, 0.4) is 0 Å². The van der Waals surface area contributed by atoms with Crippen LogP contribution in [0.4, 0.5) is 0 Å². The number of nitrogens with one attached hydrogen (secondary N) is 1. The lowest BCUT2D eigenvalue weighted by molar-refractivity contribution is 0.0925. The summed E-state index contributed by atoms with van der Waals surface area (Å²) in [5, 5.41) is 2.93. The molecule has 1 fully saturated rings. The van der Waals surface area contributed by atoms with E-state index in [1.807, 2.05) is 6.92 Å². The molecule has 1 saturated heterocycles. The Hall–Kier alpha value is -3.13. The van der Waals surface area contributed by atoms with Gasteiger partial charge in [0.2, 0.25) is 0 Å². The van der Waals surface area contributed by atoms with Gasteiger partial charge in [-0.1, -0.05) is 0 Å². The number of nitrogens with zero attached hydrogens (tertiary/aromatic N) is 3. The quantitative estimate of drug-likeness (QED) is 0.719. The van der Waals surface area contributed by atoms with Gasteiger partial charge in [0.15, 0.2) is 5.75 Å². The first-order valence-electron chi connectivity index (χ1n) is 8.86. The minimum absolute atomic E-state index is 0.0438. The van der Waals surface area contributed by atoms with E-state index in [4.69, 9.17) is 14.2 Å². The number of pyridine rings is 2. The van der Waals surface area contributed by atoms with Crippen molar-refractivity contribution in [1.29, 1.82) is 0 Å². The Bertz CT molecular complexity index is 950. The summed E-state index contributed by atoms with van der Waals surface area (Å²) in [6, 6.07) is 7.20. The van der Waals surface area contributed by atoms with Gasteiger partial charge in [-0.05, 0) is 37.6 Å². The molecule has 1 aliphatic rings. The van der Waals surface area contributed by atoms with Gasteiger partial charge in [0.25, 0.3) is 11.8 Å². The number of amides is 1. The highest BCUT2D eigenvalue weighted by Gasteiger charge is 2.20. The van der Waals surface area contributed by atoms with Crippen LogP contribution in [0.5, 0.6) is 17.4 Å². The average Bonchev–Trinajstić information content (AvgIpc) is 3.32. The van der Waals surface area contributed by atoms with Crippen molar-refractivity contribution >= 4 is 11.6 Å². The molecule has 0 aromatic carbocycles. The van der Waals surface area contributed by atoms with E-state index >= 15 is 0 Å². The standard InChI is InChI=1S/C19H20N4O4/c1-2-26-16-4-3-8-20-19(16)27-14-5-6-17-22-15(11-23(17)10-14)18(24)21-13-7-9-25-12-13/h3-6,8,10-11,13H,2,7,9,12H2,1H3,(H,21,24)/t13-/m0/s1. The second-order valence-electron chi connectivity index (χ2n) is 6.13. The van der Waals surface area contributed by atoms with E-state index in [1.165, 1.54) is 0 Å². The topological polar surface area (TPSA) is 87.0 Å². The highest BCUT2D eigenvalue weighted by molar-refractivity contribution is 5.93. The first-order chi connectivity index (χ1) is 13.2. The third kappa shape index (κ3) is 3.85. The number of hydrogen-bond acceptors (Lipinski definition) is 6. The molecular formula is C19H20N4O4. The fourth-order valence-corrected chi connectivity index (χ4v) is 2.88. The maximum atomic E-state index is 12.4. The van der Waals surface area contributed by atoms with Crippen molar-refractivity contribution in [2.24, 2.45) is 0 Å². The Balaban J connectivity index is 1.53. The van der Waals surface area contributed by atoms with Crippen LogP contribution in [0.2, 0.25) is 0 Å². The second-order valence-corrected chi connectivity index (χ2v) is 6.13. The van der Waals surface area contributed by atoms with Crippen molar-refractivity contribution in [1.82, 2.24) is 19.7 Å². The monoisotopic (exact) mass is 368 g/mol. The first-order valence-corrected chi connectivity index (χ1v) is 8.86. The summed E-state index contributed by atoms with van der Waals surface area (Å²) in [5.41, 5.74) is 1.01. The average molecular weight is 368 g/mol. The van der Waals surface area contributed by atoms with Gasteiger partial charge >= 0.3 is 0 Å². The van der Waals surface area contributed by atoms with Crippen molar-refractivity contribution in [3.8, 4) is 17.4 Å². The zero-order chi connectivity index (χ0) is 18.6. The van der Waals surface area contributed by atoms with Gasteiger partial charge in [0.1, 0.15) is 17.1 Å². The molecule has 0 spiro atoms. The van der Waals surface area contributed by atoms with Crippen molar-refractivity contribution in [3.05, 3.63) is 48.5 Å². The van der Waals surface area contributed by atoms with Crippen LogP contribution in [0, 0.1) is 0 Å². The molecule has 0 bridgehead atoms. The van der Waals surface area contributed by atoms with Gasteiger partial charge in [0, 0.05) is 19.0 Å². The van der Waals surface area contributed by atoms with Crippen molar-refractivity contribution < 1.29 is 19.0 Å². The summed E-state index contributed by atoms with van der Waals surface area (Å²) in [5.74, 6) is 1.32. The Labute approximate surface area is 156 Å². The van der Waals surface area contributed by atoms with Gasteiger partial charge < -0.3 is 23.9 Å². The Morgan fingerprint density at radius 2 is 2.30 bits per heavy atom. The molecule has 1 aliphatic heterocycles. The Morgan fingerprint density at radius 1 is 1.37 bits per heavy atom. The molecule has 3 aromatic rings. The summed E-state index contributed by atoms with van der Waals surface area (Å²) >= 11 is 0. The van der Waals surface area contributed by atoms with Crippen LogP contribution in [-0.4, -0.2) is 46.1 Å². The molecule has 1 N–H and O–H groups in total. The summed E-state index contributed by atoms with van der Waals surface area (Å²) in [6.45, 7) is 3.64. The van der Waals surface area contributed by atoms with Crippen LogP contribution in [0.1, 0.15) is 23.8 Å². The maximum Gasteiger partial charge on any atom is 0.271 e. The number of ether oxygens (including phenoxy) is 3. The van der Waals surface area contributed by atoms with Crippen LogP contribution in [0.15, 0.2) is 42.9 Å². The molecule has 0 unspecified atom stereocenters. The largest absolute Gasteiger partial charge is 0.488 e. The van der Waals surface area contributed by atoms with Crippen molar-refractivity contribution in [2.45, 2.75) is 19.4 Å². The van der Waals surface area contributed by atoms with E-state index in [9.17, 15) is 4.79 Å². The third-order valence-corrected chi connectivity index (χ3v) is 4.17. The normalized spacial score (nSPS) is 16.4. The molecule has 0 radical (unpaired) electrons. The molecule has 4 heterocycles. The molecule has 3 aromatic heterocycles.